The third-order valence-corrected chi connectivity index (χ3v) is 7.87. The number of carbonyl (C=O) groups is 2. The minimum absolute atomic E-state index is 0.0247. The molecular weight excluding hydrogens is 506 g/mol. The van der Waals surface area contributed by atoms with Crippen LogP contribution in [0.25, 0.3) is 0 Å². The summed E-state index contributed by atoms with van der Waals surface area (Å²) >= 11 is 7.78. The molecule has 0 radical (unpaired) electrons. The normalized spacial score (nSPS) is 15.0. The summed E-state index contributed by atoms with van der Waals surface area (Å²) in [5.74, 6) is 1.13. The van der Waals surface area contributed by atoms with E-state index in [-0.39, 0.29) is 30.6 Å². The van der Waals surface area contributed by atoms with Crippen LogP contribution in [0.4, 0.5) is 10.5 Å². The molecule has 0 spiro atoms. The number of nitrogens with one attached hydrogen (secondary N) is 1. The van der Waals surface area contributed by atoms with E-state index in [1.807, 2.05) is 30.9 Å². The van der Waals surface area contributed by atoms with E-state index in [0.717, 1.165) is 17.7 Å². The van der Waals surface area contributed by atoms with Gasteiger partial charge in [-0.15, -0.1) is 11.3 Å². The summed E-state index contributed by atoms with van der Waals surface area (Å²) in [7, 11) is 0. The predicted octanol–water partition coefficient (Wildman–Crippen LogP) is 6.97. The van der Waals surface area contributed by atoms with Crippen molar-refractivity contribution in [1.29, 1.82) is 0 Å². The number of thiophene rings is 1. The van der Waals surface area contributed by atoms with Gasteiger partial charge in [-0.1, -0.05) is 43.6 Å². The number of anilines is 1. The molecule has 2 aromatic carbocycles. The quantitative estimate of drug-likeness (QED) is 0.336. The Hall–Kier alpha value is -3.03. The summed E-state index contributed by atoms with van der Waals surface area (Å²) in [5.41, 5.74) is 2.97. The molecule has 3 amide bonds. The van der Waals surface area contributed by atoms with E-state index in [2.05, 4.69) is 42.7 Å². The van der Waals surface area contributed by atoms with Gasteiger partial charge in [-0.25, -0.2) is 4.79 Å². The lowest BCUT2D eigenvalue weighted by atomic mass is 10.00. The fraction of sp³-hybridized carbons (Fsp3) is 0.379. The van der Waals surface area contributed by atoms with Crippen molar-refractivity contribution in [2.75, 3.05) is 25.0 Å². The van der Waals surface area contributed by atoms with Crippen LogP contribution in [0.3, 0.4) is 0 Å². The Morgan fingerprint density at radius 1 is 1.14 bits per heavy atom. The van der Waals surface area contributed by atoms with Crippen LogP contribution in [0.15, 0.2) is 60.0 Å². The molecule has 0 bridgehead atoms. The molecule has 0 saturated carbocycles. The average molecular weight is 540 g/mol. The van der Waals surface area contributed by atoms with Gasteiger partial charge < -0.3 is 19.9 Å². The van der Waals surface area contributed by atoms with Gasteiger partial charge in [0.25, 0.3) is 0 Å². The molecule has 6 nitrogen and oxygen atoms in total. The Morgan fingerprint density at radius 2 is 1.89 bits per heavy atom. The first-order valence-corrected chi connectivity index (χ1v) is 13.9. The van der Waals surface area contributed by atoms with Crippen molar-refractivity contribution < 1.29 is 14.3 Å². The molecule has 4 rings (SSSR count). The maximum atomic E-state index is 13.6. The van der Waals surface area contributed by atoms with Gasteiger partial charge in [-0.2, -0.15) is 0 Å². The van der Waals surface area contributed by atoms with Crippen LogP contribution in [0.1, 0.15) is 55.7 Å². The van der Waals surface area contributed by atoms with E-state index in [0.29, 0.717) is 29.8 Å². The van der Waals surface area contributed by atoms with E-state index in [9.17, 15) is 9.59 Å². The summed E-state index contributed by atoms with van der Waals surface area (Å²) in [6, 6.07) is 16.5. The number of hydrogen-bond donors (Lipinski definition) is 1. The molecule has 0 saturated heterocycles. The van der Waals surface area contributed by atoms with Crippen molar-refractivity contribution in [2.45, 2.75) is 52.1 Å². The zero-order valence-electron chi connectivity index (χ0n) is 21.7. The van der Waals surface area contributed by atoms with E-state index >= 15 is 0 Å². The SMILES string of the molecule is CC(C)c1ccc(OC[C@H]2c3ccsc3CCN2C(=O)CN(C(=O)Nc2cccc(Cl)c2)C(C)C)cc1. The van der Waals surface area contributed by atoms with Gasteiger partial charge in [0.2, 0.25) is 5.91 Å². The summed E-state index contributed by atoms with van der Waals surface area (Å²) < 4.78 is 6.18. The highest BCUT2D eigenvalue weighted by atomic mass is 35.5. The molecule has 1 aliphatic heterocycles. The number of ether oxygens (including phenoxy) is 1. The van der Waals surface area contributed by atoms with Crippen LogP contribution in [-0.4, -0.2) is 47.5 Å². The van der Waals surface area contributed by atoms with E-state index < -0.39 is 0 Å². The molecule has 0 unspecified atom stereocenters. The maximum absolute atomic E-state index is 13.6. The Bertz CT molecular complexity index is 1230. The van der Waals surface area contributed by atoms with Crippen LogP contribution in [0, 0.1) is 0 Å². The van der Waals surface area contributed by atoms with E-state index in [1.165, 1.54) is 10.4 Å². The van der Waals surface area contributed by atoms with Gasteiger partial charge in [0, 0.05) is 28.2 Å². The van der Waals surface area contributed by atoms with Gasteiger partial charge in [0.05, 0.1) is 6.04 Å². The van der Waals surface area contributed by atoms with E-state index in [4.69, 9.17) is 16.3 Å². The third kappa shape index (κ3) is 6.65. The maximum Gasteiger partial charge on any atom is 0.322 e. The van der Waals surface area contributed by atoms with Crippen LogP contribution < -0.4 is 10.1 Å². The fourth-order valence-corrected chi connectivity index (χ4v) is 5.60. The number of urea groups is 1. The first kappa shape index (κ1) is 27.0. The minimum Gasteiger partial charge on any atom is -0.491 e. The number of amides is 3. The number of nitrogens with zero attached hydrogens (tertiary/aromatic N) is 2. The first-order chi connectivity index (χ1) is 17.7. The second-order valence-electron chi connectivity index (χ2n) is 9.85. The summed E-state index contributed by atoms with van der Waals surface area (Å²) in [4.78, 5) is 31.4. The Kier molecular flexibility index (Phi) is 8.77. The van der Waals surface area contributed by atoms with Gasteiger partial charge in [-0.05, 0) is 79.1 Å². The average Bonchev–Trinajstić information content (AvgIpc) is 3.35. The number of rotatable bonds is 8. The second kappa shape index (κ2) is 12.0. The summed E-state index contributed by atoms with van der Waals surface area (Å²) in [6.07, 6.45) is 0.800. The number of carbonyl (C=O) groups excluding carboxylic acids is 2. The number of benzene rings is 2. The van der Waals surface area contributed by atoms with Crippen molar-refractivity contribution in [3.8, 4) is 5.75 Å². The van der Waals surface area contributed by atoms with Gasteiger partial charge in [-0.3, -0.25) is 4.79 Å². The zero-order chi connectivity index (χ0) is 26.5. The molecule has 1 atom stereocenters. The Morgan fingerprint density at radius 3 is 2.57 bits per heavy atom. The van der Waals surface area contributed by atoms with Crippen LogP contribution in [0.5, 0.6) is 5.75 Å². The molecule has 196 valence electrons. The number of hydrogen-bond acceptors (Lipinski definition) is 4. The predicted molar refractivity (Wildman–Crippen MR) is 151 cm³/mol. The van der Waals surface area contributed by atoms with Crippen LogP contribution >= 0.6 is 22.9 Å². The van der Waals surface area contributed by atoms with Crippen molar-refractivity contribution in [1.82, 2.24) is 9.80 Å². The largest absolute Gasteiger partial charge is 0.491 e. The summed E-state index contributed by atoms with van der Waals surface area (Å²) in [6.45, 7) is 9.05. The molecule has 1 aliphatic rings. The van der Waals surface area contributed by atoms with Gasteiger partial charge in [0.15, 0.2) is 0 Å². The number of fused-ring (bicyclic) bond motifs is 1. The van der Waals surface area contributed by atoms with Crippen molar-refractivity contribution >= 4 is 40.6 Å². The Balaban J connectivity index is 1.48. The molecule has 1 aromatic heterocycles. The molecule has 3 aromatic rings. The Labute approximate surface area is 228 Å². The minimum atomic E-state index is -0.336. The fourth-order valence-electron chi connectivity index (χ4n) is 4.49. The lowest BCUT2D eigenvalue weighted by Gasteiger charge is -2.37. The van der Waals surface area contributed by atoms with E-state index in [1.54, 1.807) is 40.5 Å². The smallest absolute Gasteiger partial charge is 0.322 e. The molecule has 0 fully saturated rings. The lowest BCUT2D eigenvalue weighted by Crippen LogP contribution is -2.50. The highest BCUT2D eigenvalue weighted by Gasteiger charge is 2.34. The summed E-state index contributed by atoms with van der Waals surface area (Å²) in [5, 5.41) is 5.47. The van der Waals surface area contributed by atoms with Crippen molar-refractivity contribution in [3.63, 3.8) is 0 Å². The topological polar surface area (TPSA) is 61.9 Å². The molecule has 37 heavy (non-hydrogen) atoms. The molecule has 1 N–H and O–H groups in total. The molecule has 2 heterocycles. The first-order valence-electron chi connectivity index (χ1n) is 12.6. The number of halogens is 1. The van der Waals surface area contributed by atoms with Crippen molar-refractivity contribution in [2.24, 2.45) is 0 Å². The standard InChI is InChI=1S/C29H34ClN3O3S/c1-19(2)21-8-10-24(11-9-21)36-18-26-25-13-15-37-27(25)12-14-32(26)28(34)17-33(20(3)4)29(35)31-23-7-5-6-22(30)16-23/h5-11,13,15-16,19-20,26H,12,14,17-18H2,1-4H3,(H,31,35)/t26-/m0/s1. The van der Waals surface area contributed by atoms with Crippen LogP contribution in [0.2, 0.25) is 5.02 Å². The zero-order valence-corrected chi connectivity index (χ0v) is 23.3. The highest BCUT2D eigenvalue weighted by Crippen LogP contribution is 2.34. The van der Waals surface area contributed by atoms with Crippen molar-refractivity contribution in [3.05, 3.63) is 81.0 Å². The third-order valence-electron chi connectivity index (χ3n) is 6.64. The van der Waals surface area contributed by atoms with Crippen LogP contribution in [-0.2, 0) is 11.2 Å². The lowest BCUT2D eigenvalue weighted by molar-refractivity contribution is -0.135. The highest BCUT2D eigenvalue weighted by molar-refractivity contribution is 7.10. The molecular formula is C29H34ClN3O3S. The van der Waals surface area contributed by atoms with Gasteiger partial charge in [0.1, 0.15) is 18.9 Å². The molecule has 0 aliphatic carbocycles. The monoisotopic (exact) mass is 539 g/mol. The molecule has 8 heteroatoms. The second-order valence-corrected chi connectivity index (χ2v) is 11.3. The van der Waals surface area contributed by atoms with Gasteiger partial charge >= 0.3 is 6.03 Å².